The van der Waals surface area contributed by atoms with Crippen molar-refractivity contribution in [3.8, 4) is 0 Å². The third-order valence-corrected chi connectivity index (χ3v) is 5.43. The van der Waals surface area contributed by atoms with Gasteiger partial charge in [-0.05, 0) is 42.0 Å². The fourth-order valence-electron chi connectivity index (χ4n) is 3.01. The summed E-state index contributed by atoms with van der Waals surface area (Å²) in [5.74, 6) is 0.858. The van der Waals surface area contributed by atoms with Crippen LogP contribution in [0, 0.1) is 0 Å². The summed E-state index contributed by atoms with van der Waals surface area (Å²) in [4.78, 5) is 17.4. The van der Waals surface area contributed by atoms with E-state index in [2.05, 4.69) is 11.4 Å². The van der Waals surface area contributed by atoms with Gasteiger partial charge in [0.15, 0.2) is 0 Å². The van der Waals surface area contributed by atoms with Crippen molar-refractivity contribution < 1.29 is 9.21 Å². The minimum absolute atomic E-state index is 0.0840. The zero-order chi connectivity index (χ0) is 17.9. The number of fused-ring (bicyclic) bond motifs is 1. The van der Waals surface area contributed by atoms with E-state index < -0.39 is 0 Å². The molecule has 1 atom stereocenters. The normalized spacial score (nSPS) is 16.3. The van der Waals surface area contributed by atoms with Gasteiger partial charge in [-0.15, -0.1) is 11.8 Å². The van der Waals surface area contributed by atoms with Crippen LogP contribution in [0.4, 0.5) is 11.4 Å². The number of para-hydroxylation sites is 1. The van der Waals surface area contributed by atoms with Crippen LogP contribution < -0.4 is 5.32 Å². The van der Waals surface area contributed by atoms with Crippen LogP contribution in [0.15, 0.2) is 81.2 Å². The molecule has 1 aliphatic rings. The number of nitrogens with zero attached hydrogens (tertiary/aromatic N) is 1. The van der Waals surface area contributed by atoms with Gasteiger partial charge in [-0.1, -0.05) is 24.3 Å². The number of nitrogens with one attached hydrogen (secondary N) is 1. The Kier molecular flexibility index (Phi) is 4.63. The molecule has 2 aromatic carbocycles. The molecule has 4 rings (SSSR count). The molecule has 0 aliphatic carbocycles. The van der Waals surface area contributed by atoms with Crippen LogP contribution in [-0.4, -0.2) is 11.6 Å². The molecule has 130 valence electrons. The lowest BCUT2D eigenvalue weighted by Crippen LogP contribution is -2.08. The first-order valence-corrected chi connectivity index (χ1v) is 9.32. The van der Waals surface area contributed by atoms with Crippen molar-refractivity contribution in [2.75, 3.05) is 5.32 Å². The predicted octanol–water partition coefficient (Wildman–Crippen LogP) is 5.60. The Hall–Kier alpha value is -2.79. The van der Waals surface area contributed by atoms with Gasteiger partial charge in [-0.3, -0.25) is 9.79 Å². The van der Waals surface area contributed by atoms with Gasteiger partial charge >= 0.3 is 0 Å². The number of hydrogen-bond acceptors (Lipinski definition) is 4. The summed E-state index contributed by atoms with van der Waals surface area (Å²) in [5, 5.41) is 2.99. The number of thioether (sulfide) groups is 1. The lowest BCUT2D eigenvalue weighted by atomic mass is 10.0. The quantitative estimate of drug-likeness (QED) is 0.660. The van der Waals surface area contributed by atoms with Gasteiger partial charge in [0.2, 0.25) is 5.91 Å². The number of carbonyl (C=O) groups is 1. The fourth-order valence-corrected chi connectivity index (χ4v) is 4.20. The second-order valence-electron chi connectivity index (χ2n) is 6.11. The van der Waals surface area contributed by atoms with Crippen molar-refractivity contribution in [3.63, 3.8) is 0 Å². The Morgan fingerprint density at radius 1 is 1.15 bits per heavy atom. The van der Waals surface area contributed by atoms with Crippen molar-refractivity contribution in [2.45, 2.75) is 23.5 Å². The predicted molar refractivity (Wildman–Crippen MR) is 105 cm³/mol. The molecule has 0 unspecified atom stereocenters. The highest BCUT2D eigenvalue weighted by molar-refractivity contribution is 7.99. The van der Waals surface area contributed by atoms with Crippen LogP contribution in [-0.2, 0) is 4.79 Å². The van der Waals surface area contributed by atoms with E-state index in [0.29, 0.717) is 0 Å². The average Bonchev–Trinajstić information content (AvgIpc) is 3.09. The van der Waals surface area contributed by atoms with Gasteiger partial charge in [-0.25, -0.2) is 0 Å². The van der Waals surface area contributed by atoms with E-state index in [1.165, 1.54) is 6.92 Å². The van der Waals surface area contributed by atoms with Crippen LogP contribution in [0.5, 0.6) is 0 Å². The summed E-state index contributed by atoms with van der Waals surface area (Å²) in [6.07, 6.45) is 2.46. The topological polar surface area (TPSA) is 54.6 Å². The van der Waals surface area contributed by atoms with Crippen molar-refractivity contribution in [2.24, 2.45) is 4.99 Å². The monoisotopic (exact) mass is 362 g/mol. The highest BCUT2D eigenvalue weighted by Gasteiger charge is 2.24. The van der Waals surface area contributed by atoms with E-state index in [9.17, 15) is 4.79 Å². The van der Waals surface area contributed by atoms with E-state index in [0.717, 1.165) is 39.7 Å². The molecule has 0 saturated carbocycles. The van der Waals surface area contributed by atoms with Crippen LogP contribution >= 0.6 is 11.8 Å². The molecule has 1 aliphatic heterocycles. The van der Waals surface area contributed by atoms with Crippen LogP contribution in [0.25, 0.3) is 0 Å². The molecule has 0 spiro atoms. The van der Waals surface area contributed by atoms with Crippen molar-refractivity contribution in [1.82, 2.24) is 0 Å². The number of carbonyl (C=O) groups excluding carboxylic acids is 1. The van der Waals surface area contributed by atoms with Gasteiger partial charge in [0.05, 0.1) is 17.2 Å². The molecule has 26 heavy (non-hydrogen) atoms. The van der Waals surface area contributed by atoms with E-state index in [1.807, 2.05) is 54.6 Å². The molecular weight excluding hydrogens is 344 g/mol. The van der Waals surface area contributed by atoms with Crippen molar-refractivity contribution in [1.29, 1.82) is 0 Å². The van der Waals surface area contributed by atoms with Crippen molar-refractivity contribution in [3.05, 3.63) is 78.3 Å². The van der Waals surface area contributed by atoms with Gasteiger partial charge in [0.25, 0.3) is 0 Å². The number of hydrogen-bond donors (Lipinski definition) is 1. The Bertz CT molecular complexity index is 964. The summed E-state index contributed by atoms with van der Waals surface area (Å²) in [5.41, 5.74) is 3.73. The number of furan rings is 1. The highest BCUT2D eigenvalue weighted by atomic mass is 32.2. The second kappa shape index (κ2) is 7.22. The summed E-state index contributed by atoms with van der Waals surface area (Å²) in [6, 6.07) is 19.9. The molecule has 0 fully saturated rings. The maximum atomic E-state index is 11.4. The zero-order valence-electron chi connectivity index (χ0n) is 14.3. The first-order chi connectivity index (χ1) is 12.7. The minimum atomic E-state index is -0.0840. The number of rotatable bonds is 3. The zero-order valence-corrected chi connectivity index (χ0v) is 15.1. The number of benzene rings is 2. The molecule has 1 N–H and O–H groups in total. The van der Waals surface area contributed by atoms with Gasteiger partial charge in [0, 0.05) is 29.6 Å². The third kappa shape index (κ3) is 3.58. The molecule has 1 amide bonds. The molecule has 5 heteroatoms. The van der Waals surface area contributed by atoms with Gasteiger partial charge < -0.3 is 9.73 Å². The van der Waals surface area contributed by atoms with E-state index in [-0.39, 0.29) is 11.2 Å². The molecule has 3 aromatic rings. The van der Waals surface area contributed by atoms with Crippen LogP contribution in [0.1, 0.15) is 29.9 Å². The molecule has 0 saturated heterocycles. The Balaban J connectivity index is 1.76. The Labute approximate surface area is 156 Å². The molecule has 4 nitrogen and oxygen atoms in total. The SMILES string of the molecule is CC(=O)Nc1cccc(C2=Nc3ccccc3S[C@H](c3ccco3)C2)c1. The number of aliphatic imine (C=N–C) groups is 1. The molecule has 2 heterocycles. The first kappa shape index (κ1) is 16.7. The van der Waals surface area contributed by atoms with E-state index in [1.54, 1.807) is 18.0 Å². The fraction of sp³-hybridized carbons (Fsp3) is 0.143. The number of amides is 1. The second-order valence-corrected chi connectivity index (χ2v) is 7.36. The summed E-state index contributed by atoms with van der Waals surface area (Å²) < 4.78 is 5.67. The highest BCUT2D eigenvalue weighted by Crippen LogP contribution is 2.45. The van der Waals surface area contributed by atoms with E-state index in [4.69, 9.17) is 9.41 Å². The van der Waals surface area contributed by atoms with Crippen molar-refractivity contribution >= 4 is 34.8 Å². The van der Waals surface area contributed by atoms with Gasteiger partial charge in [-0.2, -0.15) is 0 Å². The van der Waals surface area contributed by atoms with Crippen LogP contribution in [0.3, 0.4) is 0 Å². The first-order valence-electron chi connectivity index (χ1n) is 8.44. The lowest BCUT2D eigenvalue weighted by molar-refractivity contribution is -0.114. The molecular formula is C21H18N2O2S. The maximum absolute atomic E-state index is 11.4. The lowest BCUT2D eigenvalue weighted by Gasteiger charge is -2.13. The largest absolute Gasteiger partial charge is 0.468 e. The summed E-state index contributed by atoms with van der Waals surface area (Å²) >= 11 is 1.77. The summed E-state index contributed by atoms with van der Waals surface area (Å²) in [6.45, 7) is 1.51. The minimum Gasteiger partial charge on any atom is -0.468 e. The molecule has 0 bridgehead atoms. The van der Waals surface area contributed by atoms with Gasteiger partial charge in [0.1, 0.15) is 5.76 Å². The molecule has 1 aromatic heterocycles. The van der Waals surface area contributed by atoms with E-state index >= 15 is 0 Å². The van der Waals surface area contributed by atoms with Crippen LogP contribution in [0.2, 0.25) is 0 Å². The maximum Gasteiger partial charge on any atom is 0.221 e. The molecule has 0 radical (unpaired) electrons. The average molecular weight is 362 g/mol. The summed E-state index contributed by atoms with van der Waals surface area (Å²) in [7, 11) is 0. The number of anilines is 1. The standard InChI is InChI=1S/C21H18N2O2S/c1-14(24)22-16-7-4-6-15(12-16)18-13-21(19-9-5-11-25-19)26-20-10-3-2-8-17(20)23-18/h2-12,21H,13H2,1H3,(H,22,24)/t21-/m0/s1. The Morgan fingerprint density at radius 2 is 2.04 bits per heavy atom. The smallest absolute Gasteiger partial charge is 0.221 e. The third-order valence-electron chi connectivity index (χ3n) is 4.15. The Morgan fingerprint density at radius 3 is 2.85 bits per heavy atom.